The van der Waals surface area contributed by atoms with E-state index in [2.05, 4.69) is 20.3 Å². The first-order chi connectivity index (χ1) is 20.3. The number of nitrogens with zero attached hydrogens (tertiary/aromatic N) is 6. The Morgan fingerprint density at radius 3 is 2.71 bits per heavy atom. The molecule has 11 heteroatoms. The molecule has 1 atom stereocenters. The van der Waals surface area contributed by atoms with Gasteiger partial charge in [-0.25, -0.2) is 15.0 Å². The molecule has 198 valence electrons. The standard InChI is InChI=1S/C27H28F3N7O/c1-3-36-14-22(27(28,29)30)34-25(36)17-8-10-18(11-9-17)33-19-5-4-12-37-21(19)13-20(35-37)23-24(16-6-7-16)31-15-32-26(23)38-2/h8-11,13-16,19,33H,3-7,12H2,1-2H3/i1D3,3D2. The van der Waals surface area contributed by atoms with Gasteiger partial charge in [0.25, 0.3) is 0 Å². The number of fused-ring (bicyclic) bond motifs is 1. The van der Waals surface area contributed by atoms with E-state index in [1.807, 2.05) is 10.7 Å². The van der Waals surface area contributed by atoms with Gasteiger partial charge in [-0.2, -0.15) is 18.3 Å². The minimum Gasteiger partial charge on any atom is -0.480 e. The Bertz CT molecular complexity index is 1650. The predicted molar refractivity (Wildman–Crippen MR) is 136 cm³/mol. The summed E-state index contributed by atoms with van der Waals surface area (Å²) >= 11 is 0. The van der Waals surface area contributed by atoms with Gasteiger partial charge in [0.15, 0.2) is 5.69 Å². The van der Waals surface area contributed by atoms with Crippen molar-refractivity contribution in [2.24, 2.45) is 0 Å². The van der Waals surface area contributed by atoms with E-state index in [1.165, 1.54) is 18.5 Å². The molecule has 8 nitrogen and oxygen atoms in total. The van der Waals surface area contributed by atoms with Crippen LogP contribution >= 0.6 is 0 Å². The van der Waals surface area contributed by atoms with Crippen molar-refractivity contribution in [1.82, 2.24) is 29.3 Å². The van der Waals surface area contributed by atoms with Gasteiger partial charge >= 0.3 is 6.18 Å². The molecule has 1 aliphatic heterocycles. The van der Waals surface area contributed by atoms with E-state index in [0.29, 0.717) is 28.2 Å². The summed E-state index contributed by atoms with van der Waals surface area (Å²) in [5, 5.41) is 8.32. The Hall–Kier alpha value is -3.89. The van der Waals surface area contributed by atoms with Crippen molar-refractivity contribution in [1.29, 1.82) is 0 Å². The molecular weight excluding hydrogens is 495 g/mol. The van der Waals surface area contributed by atoms with Gasteiger partial charge in [0, 0.05) is 43.3 Å². The van der Waals surface area contributed by atoms with Gasteiger partial charge in [0.1, 0.15) is 12.2 Å². The molecule has 1 fully saturated rings. The van der Waals surface area contributed by atoms with E-state index in [9.17, 15) is 13.2 Å². The number of rotatable bonds is 7. The van der Waals surface area contributed by atoms with Gasteiger partial charge in [0.05, 0.1) is 35.8 Å². The molecule has 1 unspecified atom stereocenters. The molecule has 0 bridgehead atoms. The van der Waals surface area contributed by atoms with Crippen LogP contribution in [0.15, 0.2) is 42.9 Å². The number of hydrogen-bond donors (Lipinski definition) is 1. The fourth-order valence-electron chi connectivity index (χ4n) is 4.92. The van der Waals surface area contributed by atoms with E-state index in [0.717, 1.165) is 54.9 Å². The molecule has 2 aliphatic rings. The first-order valence-corrected chi connectivity index (χ1v) is 12.3. The Morgan fingerprint density at radius 2 is 2.00 bits per heavy atom. The zero-order valence-corrected chi connectivity index (χ0v) is 20.5. The monoisotopic (exact) mass is 528 g/mol. The summed E-state index contributed by atoms with van der Waals surface area (Å²) in [4.78, 5) is 12.4. The molecule has 38 heavy (non-hydrogen) atoms. The van der Waals surface area contributed by atoms with Crippen LogP contribution in [0, 0.1) is 0 Å². The third-order valence-corrected chi connectivity index (χ3v) is 6.89. The van der Waals surface area contributed by atoms with Crippen LogP contribution in [0.2, 0.25) is 0 Å². The molecule has 1 aromatic carbocycles. The number of nitrogens with one attached hydrogen (secondary N) is 1. The fourth-order valence-corrected chi connectivity index (χ4v) is 4.92. The quantitative estimate of drug-likeness (QED) is 0.313. The minimum atomic E-state index is -4.88. The summed E-state index contributed by atoms with van der Waals surface area (Å²) in [6, 6.07) is 8.13. The summed E-state index contributed by atoms with van der Waals surface area (Å²) in [6.45, 7) is -5.62. The van der Waals surface area contributed by atoms with Crippen LogP contribution in [0.25, 0.3) is 22.6 Å². The van der Waals surface area contributed by atoms with Crippen molar-refractivity contribution in [2.75, 3.05) is 12.4 Å². The van der Waals surface area contributed by atoms with Crippen molar-refractivity contribution in [2.45, 2.75) is 63.7 Å². The fraction of sp³-hybridized carbons (Fsp3) is 0.407. The summed E-state index contributed by atoms with van der Waals surface area (Å²) in [5.74, 6) is 0.393. The Balaban J connectivity index is 1.29. The highest BCUT2D eigenvalue weighted by molar-refractivity contribution is 5.69. The molecule has 4 heterocycles. The summed E-state index contributed by atoms with van der Waals surface area (Å²) in [5.41, 5.74) is 2.82. The van der Waals surface area contributed by atoms with Crippen LogP contribution in [0.3, 0.4) is 0 Å². The molecule has 4 aromatic rings. The number of anilines is 1. The lowest BCUT2D eigenvalue weighted by Crippen LogP contribution is -2.21. The van der Waals surface area contributed by atoms with E-state index >= 15 is 0 Å². The first kappa shape index (κ1) is 19.2. The minimum absolute atomic E-state index is 0.121. The van der Waals surface area contributed by atoms with Crippen LogP contribution in [-0.2, 0) is 19.2 Å². The molecule has 3 aromatic heterocycles. The van der Waals surface area contributed by atoms with E-state index < -0.39 is 31.0 Å². The second-order valence-corrected chi connectivity index (χ2v) is 9.44. The van der Waals surface area contributed by atoms with Gasteiger partial charge in [0.2, 0.25) is 5.88 Å². The average Bonchev–Trinajstić information content (AvgIpc) is 3.52. The highest BCUT2D eigenvalue weighted by Crippen LogP contribution is 2.46. The van der Waals surface area contributed by atoms with Gasteiger partial charge in [-0.1, -0.05) is 0 Å². The molecule has 0 spiro atoms. The third-order valence-electron chi connectivity index (χ3n) is 6.89. The molecule has 0 saturated heterocycles. The number of ether oxygens (including phenoxy) is 1. The number of imidazole rings is 1. The van der Waals surface area contributed by atoms with Crippen LogP contribution in [-0.4, -0.2) is 36.4 Å². The molecule has 0 radical (unpaired) electrons. The largest absolute Gasteiger partial charge is 0.480 e. The Morgan fingerprint density at radius 1 is 1.18 bits per heavy atom. The van der Waals surface area contributed by atoms with Crippen LogP contribution < -0.4 is 10.1 Å². The van der Waals surface area contributed by atoms with Crippen LogP contribution in [0.5, 0.6) is 5.88 Å². The Labute approximate surface area is 224 Å². The summed E-state index contributed by atoms with van der Waals surface area (Å²) in [6.07, 6.45) is 0.805. The normalized spacial score (nSPS) is 20.0. The second-order valence-electron chi connectivity index (χ2n) is 9.44. The summed E-state index contributed by atoms with van der Waals surface area (Å²) < 4.78 is 87.1. The van der Waals surface area contributed by atoms with Crippen molar-refractivity contribution in [3.05, 3.63) is 59.9 Å². The topological polar surface area (TPSA) is 82.7 Å². The number of halogens is 3. The second kappa shape index (κ2) is 9.45. The van der Waals surface area contributed by atoms with E-state index in [1.54, 1.807) is 19.2 Å². The lowest BCUT2D eigenvalue weighted by molar-refractivity contribution is -0.140. The number of hydrogen-bond acceptors (Lipinski definition) is 6. The molecule has 1 saturated carbocycles. The predicted octanol–water partition coefficient (Wildman–Crippen LogP) is 6.08. The van der Waals surface area contributed by atoms with Crippen molar-refractivity contribution >= 4 is 5.69 Å². The van der Waals surface area contributed by atoms with E-state index in [-0.39, 0.29) is 11.6 Å². The lowest BCUT2D eigenvalue weighted by Gasteiger charge is -2.25. The van der Waals surface area contributed by atoms with Crippen LogP contribution in [0.4, 0.5) is 18.9 Å². The first-order valence-electron chi connectivity index (χ1n) is 14.8. The average molecular weight is 529 g/mol. The molecule has 0 amide bonds. The van der Waals surface area contributed by atoms with E-state index in [4.69, 9.17) is 16.7 Å². The number of methoxy groups -OCH3 is 1. The summed E-state index contributed by atoms with van der Waals surface area (Å²) in [7, 11) is 1.57. The zero-order valence-electron chi connectivity index (χ0n) is 25.5. The van der Waals surface area contributed by atoms with Gasteiger partial charge < -0.3 is 14.6 Å². The molecular formula is C27H28F3N7O. The van der Waals surface area contributed by atoms with Crippen molar-refractivity contribution in [3.63, 3.8) is 0 Å². The van der Waals surface area contributed by atoms with Crippen molar-refractivity contribution in [3.8, 4) is 28.5 Å². The molecule has 1 aliphatic carbocycles. The Kier molecular flexibility index (Phi) is 4.78. The van der Waals surface area contributed by atoms with Crippen LogP contribution in [0.1, 0.15) is 68.4 Å². The zero-order chi connectivity index (χ0) is 30.7. The highest BCUT2D eigenvalue weighted by Gasteiger charge is 2.35. The van der Waals surface area contributed by atoms with Gasteiger partial charge in [-0.05, 0) is 62.9 Å². The van der Waals surface area contributed by atoms with Gasteiger partial charge in [-0.15, -0.1) is 0 Å². The molecule has 1 N–H and O–H groups in total. The third kappa shape index (κ3) is 4.50. The number of aromatic nitrogens is 6. The maximum Gasteiger partial charge on any atom is 0.434 e. The lowest BCUT2D eigenvalue weighted by atomic mass is 10.0. The van der Waals surface area contributed by atoms with Crippen molar-refractivity contribution < 1.29 is 24.8 Å². The number of aryl methyl sites for hydroxylation is 2. The molecule has 6 rings (SSSR count). The number of benzene rings is 1. The van der Waals surface area contributed by atoms with Gasteiger partial charge in [-0.3, -0.25) is 4.68 Å². The maximum absolute atomic E-state index is 13.5. The highest BCUT2D eigenvalue weighted by atomic mass is 19.4. The maximum atomic E-state index is 13.5. The smallest absolute Gasteiger partial charge is 0.434 e. The SMILES string of the molecule is [2H]C([2H])([2H])C([2H])([2H])n1cc(C(F)(F)F)nc1-c1ccc(NC2CCCn3nc(-c4c(OC)ncnc4C4CC4)cc32)cc1. The number of alkyl halides is 3.